The van der Waals surface area contributed by atoms with Gasteiger partial charge in [0.15, 0.2) is 12.6 Å². The van der Waals surface area contributed by atoms with Crippen molar-refractivity contribution in [3.05, 3.63) is 0 Å². The van der Waals surface area contributed by atoms with Crippen LogP contribution >= 0.6 is 0 Å². The summed E-state index contributed by atoms with van der Waals surface area (Å²) in [4.78, 5) is 10.5. The van der Waals surface area contributed by atoms with E-state index < -0.39 is 80.6 Å². The van der Waals surface area contributed by atoms with Crippen molar-refractivity contribution >= 4 is 5.97 Å². The van der Waals surface area contributed by atoms with E-state index in [1.165, 1.54) is 0 Å². The van der Waals surface area contributed by atoms with Crippen molar-refractivity contribution < 1.29 is 64.6 Å². The highest BCUT2D eigenvalue weighted by Crippen LogP contribution is 2.29. The van der Waals surface area contributed by atoms with Crippen molar-refractivity contribution in [1.82, 2.24) is 0 Å². The van der Waals surface area contributed by atoms with Gasteiger partial charge in [-0.2, -0.15) is 0 Å². The van der Waals surface area contributed by atoms with Crippen LogP contribution in [0.5, 0.6) is 0 Å². The molecule has 30 heavy (non-hydrogen) atoms. The van der Waals surface area contributed by atoms with E-state index >= 15 is 0 Å². The molecule has 0 spiro atoms. The first kappa shape index (κ1) is 25.3. The lowest BCUT2D eigenvalue weighted by Gasteiger charge is -2.45. The maximum Gasteiger partial charge on any atom is 0.303 e. The van der Waals surface area contributed by atoms with E-state index in [9.17, 15) is 40.5 Å². The maximum absolute atomic E-state index is 10.5. The zero-order valence-corrected chi connectivity index (χ0v) is 16.1. The average Bonchev–Trinajstić information content (AvgIpc) is 2.72. The third-order valence-corrected chi connectivity index (χ3v) is 5.03. The van der Waals surface area contributed by atoms with E-state index in [-0.39, 0.29) is 13.0 Å². The smallest absolute Gasteiger partial charge is 0.303 e. The second kappa shape index (κ2) is 11.6. The van der Waals surface area contributed by atoms with Crippen LogP contribution in [0.1, 0.15) is 19.3 Å². The van der Waals surface area contributed by atoms with Gasteiger partial charge < -0.3 is 59.8 Å². The summed E-state index contributed by atoms with van der Waals surface area (Å²) in [5.41, 5.74) is 0. The molecule has 10 atom stereocenters. The van der Waals surface area contributed by atoms with E-state index in [0.29, 0.717) is 12.8 Å². The van der Waals surface area contributed by atoms with Crippen molar-refractivity contribution in [1.29, 1.82) is 0 Å². The lowest BCUT2D eigenvalue weighted by atomic mass is 9.97. The van der Waals surface area contributed by atoms with Crippen molar-refractivity contribution in [3.8, 4) is 0 Å². The summed E-state index contributed by atoms with van der Waals surface area (Å²) in [7, 11) is 0. The van der Waals surface area contributed by atoms with Crippen LogP contribution in [0.4, 0.5) is 0 Å². The highest BCUT2D eigenvalue weighted by molar-refractivity contribution is 5.66. The van der Waals surface area contributed by atoms with E-state index in [4.69, 9.17) is 24.1 Å². The Balaban J connectivity index is 1.96. The molecule has 0 aromatic rings. The van der Waals surface area contributed by atoms with E-state index in [1.807, 2.05) is 0 Å². The van der Waals surface area contributed by atoms with Gasteiger partial charge in [-0.05, 0) is 12.8 Å². The summed E-state index contributed by atoms with van der Waals surface area (Å²) in [5.74, 6) is -0.951. The molecule has 13 nitrogen and oxygen atoms in total. The van der Waals surface area contributed by atoms with Crippen LogP contribution in [0, 0.1) is 0 Å². The molecule has 0 bridgehead atoms. The monoisotopic (exact) mass is 442 g/mol. The van der Waals surface area contributed by atoms with Gasteiger partial charge >= 0.3 is 5.97 Å². The minimum Gasteiger partial charge on any atom is -0.481 e. The Morgan fingerprint density at radius 3 is 1.97 bits per heavy atom. The fourth-order valence-electron chi connectivity index (χ4n) is 3.27. The van der Waals surface area contributed by atoms with Crippen molar-refractivity contribution in [2.24, 2.45) is 0 Å². The number of hydrogen-bond donors (Lipinski definition) is 8. The number of aliphatic hydroxyl groups is 7. The normalized spacial score (nSPS) is 42.2. The summed E-state index contributed by atoms with van der Waals surface area (Å²) < 4.78 is 21.4. The lowest BCUT2D eigenvalue weighted by Crippen LogP contribution is -2.64. The van der Waals surface area contributed by atoms with Crippen LogP contribution in [0.15, 0.2) is 0 Å². The Labute approximate surface area is 172 Å². The van der Waals surface area contributed by atoms with Crippen LogP contribution in [-0.2, 0) is 23.7 Å². The highest BCUT2D eigenvalue weighted by atomic mass is 16.7. The third kappa shape index (κ3) is 6.05. The molecule has 0 radical (unpaired) electrons. The first-order valence-corrected chi connectivity index (χ1v) is 9.63. The van der Waals surface area contributed by atoms with Gasteiger partial charge in [-0.25, -0.2) is 0 Å². The first-order valence-electron chi connectivity index (χ1n) is 9.63. The molecule has 0 amide bonds. The van der Waals surface area contributed by atoms with Crippen molar-refractivity contribution in [3.63, 3.8) is 0 Å². The minimum atomic E-state index is -1.74. The first-order chi connectivity index (χ1) is 14.2. The number of carboxylic acids is 1. The van der Waals surface area contributed by atoms with Gasteiger partial charge in [0, 0.05) is 13.0 Å². The molecule has 0 aromatic carbocycles. The predicted octanol–water partition coefficient (Wildman–Crippen LogP) is -4.12. The molecule has 0 aromatic heterocycles. The molecular formula is C17H30O13. The minimum absolute atomic E-state index is 0.0398. The van der Waals surface area contributed by atoms with E-state index in [0.717, 1.165) is 0 Å². The van der Waals surface area contributed by atoms with Gasteiger partial charge in [0.25, 0.3) is 0 Å². The summed E-state index contributed by atoms with van der Waals surface area (Å²) in [6.07, 6.45) is -14.4. The van der Waals surface area contributed by atoms with Gasteiger partial charge in [-0.3, -0.25) is 4.79 Å². The van der Waals surface area contributed by atoms with Gasteiger partial charge in [0.2, 0.25) is 0 Å². The highest BCUT2D eigenvalue weighted by Gasteiger charge is 2.50. The number of carbonyl (C=O) groups is 1. The van der Waals surface area contributed by atoms with Gasteiger partial charge in [-0.1, -0.05) is 0 Å². The SMILES string of the molecule is O=C(O)CCCCO[C@@H]1O[C@H](CO)[C@@H](O[C@@H]2O[C@H](CO)[C@H](O)[C@H](O)[C@H]2O)[C@H](O)[C@H]1O. The predicted molar refractivity (Wildman–Crippen MR) is 93.8 cm³/mol. The second-order valence-electron chi connectivity index (χ2n) is 7.23. The Kier molecular flexibility index (Phi) is 9.77. The summed E-state index contributed by atoms with van der Waals surface area (Å²) >= 11 is 0. The van der Waals surface area contributed by atoms with Gasteiger partial charge in [-0.15, -0.1) is 0 Å². The standard InChI is InChI=1S/C17H30O13/c18-5-7-10(22)11(23)13(25)17(28-7)30-15-8(6-19)29-16(14(26)12(15)24)27-4-2-1-3-9(20)21/h7-8,10-19,22-26H,1-6H2,(H,20,21)/t7-,8-,10+,11+,12-,13-,14-,15-,16-,17+/m1/s1. The van der Waals surface area contributed by atoms with E-state index in [1.54, 1.807) is 0 Å². The topological polar surface area (TPSA) is 216 Å². The molecule has 0 aliphatic carbocycles. The molecule has 2 saturated heterocycles. The van der Waals surface area contributed by atoms with Crippen LogP contribution < -0.4 is 0 Å². The summed E-state index contributed by atoms with van der Waals surface area (Å²) in [6.45, 7) is -1.30. The zero-order valence-electron chi connectivity index (χ0n) is 16.1. The lowest BCUT2D eigenvalue weighted by molar-refractivity contribution is -0.359. The number of ether oxygens (including phenoxy) is 4. The Morgan fingerprint density at radius 2 is 1.37 bits per heavy atom. The second-order valence-corrected chi connectivity index (χ2v) is 7.23. The molecule has 2 aliphatic rings. The molecule has 8 N–H and O–H groups in total. The number of rotatable bonds is 10. The molecule has 2 fully saturated rings. The summed E-state index contributed by atoms with van der Waals surface area (Å²) in [6, 6.07) is 0. The molecule has 2 heterocycles. The van der Waals surface area contributed by atoms with Gasteiger partial charge in [0.05, 0.1) is 13.2 Å². The number of hydrogen-bond acceptors (Lipinski definition) is 12. The van der Waals surface area contributed by atoms with Crippen LogP contribution in [0.2, 0.25) is 0 Å². The Bertz CT molecular complexity index is 530. The molecular weight excluding hydrogens is 412 g/mol. The maximum atomic E-state index is 10.5. The number of aliphatic carboxylic acids is 1. The number of carboxylic acid groups (broad SMARTS) is 1. The Hall–Kier alpha value is -0.970. The summed E-state index contributed by atoms with van der Waals surface area (Å²) in [5, 5.41) is 77.8. The third-order valence-electron chi connectivity index (χ3n) is 5.03. The van der Waals surface area contributed by atoms with Crippen LogP contribution in [0.3, 0.4) is 0 Å². The van der Waals surface area contributed by atoms with Gasteiger partial charge in [0.1, 0.15) is 48.8 Å². The molecule has 0 saturated carbocycles. The average molecular weight is 442 g/mol. The van der Waals surface area contributed by atoms with Crippen LogP contribution in [-0.4, -0.2) is 128 Å². The van der Waals surface area contributed by atoms with Crippen LogP contribution in [0.25, 0.3) is 0 Å². The fourth-order valence-corrected chi connectivity index (χ4v) is 3.27. The number of aliphatic hydroxyl groups excluding tert-OH is 7. The molecule has 13 heteroatoms. The van der Waals surface area contributed by atoms with E-state index in [2.05, 4.69) is 0 Å². The fraction of sp³-hybridized carbons (Fsp3) is 0.941. The molecule has 176 valence electrons. The quantitative estimate of drug-likeness (QED) is 0.151. The zero-order chi connectivity index (χ0) is 22.4. The molecule has 2 aliphatic heterocycles. The molecule has 0 unspecified atom stereocenters. The Morgan fingerprint density at radius 1 is 0.767 bits per heavy atom. The largest absolute Gasteiger partial charge is 0.481 e. The van der Waals surface area contributed by atoms with Crippen molar-refractivity contribution in [2.45, 2.75) is 80.7 Å². The number of unbranched alkanes of at least 4 members (excludes halogenated alkanes) is 1. The van der Waals surface area contributed by atoms with Crippen molar-refractivity contribution in [2.75, 3.05) is 19.8 Å². The molecule has 2 rings (SSSR count).